The SMILES string of the molecule is [C-]#[N+]c1ccc(N2CCC(C(=O)Nc3ccc(N4CCN(CCCCOc5ccc6c(c5)C(=O)N(C5CCC(=O)NC5=O)C6=O)CC4)cn3)CC2)cc1C(F)(F)F. The summed E-state index contributed by atoms with van der Waals surface area (Å²) in [6, 6.07) is 11.1. The molecule has 1 unspecified atom stereocenters. The van der Waals surface area contributed by atoms with Crippen LogP contribution in [-0.2, 0) is 20.6 Å². The zero-order valence-electron chi connectivity index (χ0n) is 31.0. The van der Waals surface area contributed by atoms with Gasteiger partial charge in [-0.3, -0.25) is 39.1 Å². The van der Waals surface area contributed by atoms with Crippen molar-refractivity contribution in [1.82, 2.24) is 20.1 Å². The van der Waals surface area contributed by atoms with Gasteiger partial charge in [0.25, 0.3) is 11.8 Å². The number of aromatic nitrogens is 1. The Balaban J connectivity index is 0.798. The molecule has 14 nitrogen and oxygen atoms in total. The van der Waals surface area contributed by atoms with Crippen LogP contribution in [0.1, 0.15) is 64.8 Å². The number of piperazine rings is 1. The Morgan fingerprint density at radius 2 is 1.60 bits per heavy atom. The number of carbonyl (C=O) groups excluding carboxylic acids is 5. The molecule has 0 spiro atoms. The molecule has 3 fully saturated rings. The van der Waals surface area contributed by atoms with E-state index in [-0.39, 0.29) is 35.8 Å². The lowest BCUT2D eigenvalue weighted by Gasteiger charge is -2.36. The first-order chi connectivity index (χ1) is 27.4. The third-order valence-electron chi connectivity index (χ3n) is 10.9. The molecule has 4 aliphatic heterocycles. The third kappa shape index (κ3) is 8.70. The summed E-state index contributed by atoms with van der Waals surface area (Å²) in [7, 11) is 0. The van der Waals surface area contributed by atoms with Gasteiger partial charge < -0.3 is 19.9 Å². The summed E-state index contributed by atoms with van der Waals surface area (Å²) in [5, 5.41) is 5.07. The lowest BCUT2D eigenvalue weighted by Crippen LogP contribution is -2.54. The monoisotopic (exact) mass is 786 g/mol. The first-order valence-electron chi connectivity index (χ1n) is 19.0. The number of unbranched alkanes of at least 4 members (excludes halogenated alkanes) is 1. The van der Waals surface area contributed by atoms with Gasteiger partial charge in [0.05, 0.1) is 41.8 Å². The Labute approximate surface area is 326 Å². The highest BCUT2D eigenvalue weighted by Crippen LogP contribution is 2.39. The first-order valence-corrected chi connectivity index (χ1v) is 19.0. The van der Waals surface area contributed by atoms with Crippen LogP contribution < -0.4 is 25.2 Å². The molecule has 3 aromatic rings. The van der Waals surface area contributed by atoms with Gasteiger partial charge in [0.15, 0.2) is 5.69 Å². The van der Waals surface area contributed by atoms with Gasteiger partial charge in [-0.2, -0.15) is 13.2 Å². The molecule has 5 heterocycles. The minimum atomic E-state index is -4.62. The third-order valence-corrected chi connectivity index (χ3v) is 10.9. The number of nitrogens with zero attached hydrogens (tertiary/aromatic N) is 6. The lowest BCUT2D eigenvalue weighted by molar-refractivity contribution is -0.137. The van der Waals surface area contributed by atoms with Crippen molar-refractivity contribution in [3.8, 4) is 5.75 Å². The molecule has 2 aromatic carbocycles. The van der Waals surface area contributed by atoms with Gasteiger partial charge in [0, 0.05) is 57.3 Å². The van der Waals surface area contributed by atoms with Crippen LogP contribution in [0, 0.1) is 12.5 Å². The summed E-state index contributed by atoms with van der Waals surface area (Å²) in [6.45, 7) is 12.5. The van der Waals surface area contributed by atoms with E-state index in [9.17, 15) is 37.1 Å². The fourth-order valence-corrected chi connectivity index (χ4v) is 7.72. The molecule has 17 heteroatoms. The van der Waals surface area contributed by atoms with Crippen molar-refractivity contribution >= 4 is 52.4 Å². The van der Waals surface area contributed by atoms with Crippen molar-refractivity contribution < 1.29 is 41.9 Å². The van der Waals surface area contributed by atoms with Crippen molar-refractivity contribution in [3.63, 3.8) is 0 Å². The van der Waals surface area contributed by atoms with Crippen LogP contribution in [0.2, 0.25) is 0 Å². The molecule has 5 amide bonds. The number of imide groups is 2. The van der Waals surface area contributed by atoms with E-state index in [1.165, 1.54) is 24.3 Å². The molecule has 1 aromatic heterocycles. The highest BCUT2D eigenvalue weighted by molar-refractivity contribution is 6.23. The molecule has 7 rings (SSSR count). The number of carbonyl (C=O) groups is 5. The maximum absolute atomic E-state index is 13.4. The van der Waals surface area contributed by atoms with Gasteiger partial charge in [-0.1, -0.05) is 6.07 Å². The van der Waals surface area contributed by atoms with E-state index < -0.39 is 47.1 Å². The Morgan fingerprint density at radius 3 is 2.28 bits per heavy atom. The molecular weight excluding hydrogens is 745 g/mol. The zero-order valence-corrected chi connectivity index (χ0v) is 31.0. The van der Waals surface area contributed by atoms with E-state index in [4.69, 9.17) is 11.3 Å². The number of hydrogen-bond donors (Lipinski definition) is 2. The molecule has 2 N–H and O–H groups in total. The van der Waals surface area contributed by atoms with Crippen molar-refractivity contribution in [2.24, 2.45) is 5.92 Å². The number of anilines is 3. The van der Waals surface area contributed by atoms with Crippen molar-refractivity contribution in [1.29, 1.82) is 0 Å². The maximum atomic E-state index is 13.4. The van der Waals surface area contributed by atoms with Crippen molar-refractivity contribution in [2.45, 2.75) is 50.7 Å². The molecule has 4 aliphatic rings. The summed E-state index contributed by atoms with van der Waals surface area (Å²) in [4.78, 5) is 77.7. The summed E-state index contributed by atoms with van der Waals surface area (Å²) >= 11 is 0. The largest absolute Gasteiger partial charge is 0.494 e. The van der Waals surface area contributed by atoms with E-state index in [0.717, 1.165) is 62.2 Å². The van der Waals surface area contributed by atoms with Crippen LogP contribution in [0.25, 0.3) is 4.85 Å². The van der Waals surface area contributed by atoms with Crippen LogP contribution >= 0.6 is 0 Å². The second-order valence-electron chi connectivity index (χ2n) is 14.5. The molecule has 0 radical (unpaired) electrons. The highest BCUT2D eigenvalue weighted by atomic mass is 19.4. The Kier molecular flexibility index (Phi) is 11.4. The molecule has 0 aliphatic carbocycles. The predicted molar refractivity (Wildman–Crippen MR) is 202 cm³/mol. The fraction of sp³-hybridized carbons (Fsp3) is 0.425. The Bertz CT molecular complexity index is 2090. The number of hydrogen-bond acceptors (Lipinski definition) is 10. The summed E-state index contributed by atoms with van der Waals surface area (Å²) in [6.07, 6.45) is -0.0983. The van der Waals surface area contributed by atoms with E-state index in [1.807, 2.05) is 11.0 Å². The number of rotatable bonds is 11. The van der Waals surface area contributed by atoms with E-state index in [0.29, 0.717) is 49.8 Å². The maximum Gasteiger partial charge on any atom is 0.407 e. The molecule has 0 saturated carbocycles. The smallest absolute Gasteiger partial charge is 0.407 e. The molecule has 57 heavy (non-hydrogen) atoms. The molecule has 298 valence electrons. The van der Waals surface area contributed by atoms with Crippen LogP contribution in [0.5, 0.6) is 5.75 Å². The van der Waals surface area contributed by atoms with E-state index >= 15 is 0 Å². The topological polar surface area (TPSA) is 149 Å². The van der Waals surface area contributed by atoms with Gasteiger partial charge in [-0.25, -0.2) is 9.83 Å². The standard InChI is InChI=1S/C40H41F3N8O6/c1-44-32-8-4-26(22-31(32)40(41,42)43)49-15-12-25(13-16-49)36(53)46-34-10-5-27(24-45-34)50-19-17-48(18-20-50)14-2-3-21-57-28-6-7-29-30(23-28)39(56)51(38(29)55)33-9-11-35(52)47-37(33)54/h4-8,10,22-25,33H,2-3,9,11-21H2,(H,45,46,53)(H,47,52,54). The number of alkyl halides is 3. The van der Waals surface area contributed by atoms with Gasteiger partial charge in [-0.15, -0.1) is 0 Å². The van der Waals surface area contributed by atoms with Crippen molar-refractivity contribution in [3.05, 3.63) is 82.8 Å². The zero-order chi connectivity index (χ0) is 40.3. The lowest BCUT2D eigenvalue weighted by atomic mass is 9.95. The van der Waals surface area contributed by atoms with Gasteiger partial charge in [-0.05, 0) is 81.1 Å². The number of piperidine rings is 2. The summed E-state index contributed by atoms with van der Waals surface area (Å²) < 4.78 is 46.2. The second kappa shape index (κ2) is 16.6. The van der Waals surface area contributed by atoms with Gasteiger partial charge >= 0.3 is 6.18 Å². The van der Waals surface area contributed by atoms with Crippen LogP contribution in [-0.4, -0.2) is 103 Å². The fourth-order valence-electron chi connectivity index (χ4n) is 7.72. The van der Waals surface area contributed by atoms with Gasteiger partial charge in [0.2, 0.25) is 17.7 Å². The normalized spacial score (nSPS) is 19.3. The van der Waals surface area contributed by atoms with Gasteiger partial charge in [0.1, 0.15) is 17.6 Å². The Morgan fingerprint density at radius 1 is 0.877 bits per heavy atom. The number of fused-ring (bicyclic) bond motifs is 1. The second-order valence-corrected chi connectivity index (χ2v) is 14.5. The van der Waals surface area contributed by atoms with Crippen LogP contribution in [0.15, 0.2) is 54.7 Å². The summed E-state index contributed by atoms with van der Waals surface area (Å²) in [5.41, 5.74) is 0.339. The number of pyridine rings is 1. The average molecular weight is 787 g/mol. The number of halogens is 3. The molecule has 1 atom stereocenters. The highest BCUT2D eigenvalue weighted by Gasteiger charge is 2.45. The first kappa shape index (κ1) is 39.2. The van der Waals surface area contributed by atoms with Crippen LogP contribution in [0.4, 0.5) is 36.1 Å². The quantitative estimate of drug-likeness (QED) is 0.157. The molecule has 3 saturated heterocycles. The number of amides is 5. The number of nitrogens with one attached hydrogen (secondary N) is 2. The van der Waals surface area contributed by atoms with Crippen LogP contribution in [0.3, 0.4) is 0 Å². The predicted octanol–water partition coefficient (Wildman–Crippen LogP) is 4.89. The minimum absolute atomic E-state index is 0.0583. The van der Waals surface area contributed by atoms with E-state index in [1.54, 1.807) is 18.3 Å². The van der Waals surface area contributed by atoms with E-state index in [2.05, 4.69) is 30.3 Å². The van der Waals surface area contributed by atoms with Crippen molar-refractivity contribution in [2.75, 3.05) is 67.5 Å². The molecule has 0 bridgehead atoms. The molecular formula is C40H41F3N8O6. The number of ether oxygens (including phenoxy) is 1. The summed E-state index contributed by atoms with van der Waals surface area (Å²) in [5.74, 6) is -1.78. The number of benzene rings is 2. The minimum Gasteiger partial charge on any atom is -0.494 e. The Hall–Kier alpha value is -6.02. The average Bonchev–Trinajstić information content (AvgIpc) is 3.45.